The summed E-state index contributed by atoms with van der Waals surface area (Å²) in [5, 5.41) is 0. The highest BCUT2D eigenvalue weighted by molar-refractivity contribution is 6.59. The molecule has 22 heteroatoms. The second-order valence-electron chi connectivity index (χ2n) is 8.12. The molecule has 0 heterocycles. The third-order valence-electron chi connectivity index (χ3n) is 3.90. The topological polar surface area (TPSA) is 262 Å². The largest absolute Gasteiger partial charge is 0.740 e. The second kappa shape index (κ2) is 32.3. The Bertz CT molecular complexity index is 772. The maximum atomic E-state index is 11.2. The average Bonchev–Trinajstić information content (AvgIpc) is 2.88. The van der Waals surface area contributed by atoms with Crippen LogP contribution in [-0.2, 0) is 43.2 Å². The van der Waals surface area contributed by atoms with Crippen LogP contribution in [0.2, 0.25) is 0 Å². The Morgan fingerprint density at radius 2 is 0.558 bits per heavy atom. The quantitative estimate of drug-likeness (QED) is 0.0897. The lowest BCUT2D eigenvalue weighted by atomic mass is 10.5. The second-order valence-corrected chi connectivity index (χ2v) is 13.0. The molecular weight excluding hydrogens is 630 g/mol. The molecule has 9 N–H and O–H groups in total. The first-order valence-corrected chi connectivity index (χ1v) is 19.2. The van der Waals surface area contributed by atoms with Crippen molar-refractivity contribution in [1.82, 2.24) is 38.7 Å². The molecule has 0 radical (unpaired) electrons. The van der Waals surface area contributed by atoms with Crippen LogP contribution in [0, 0.1) is 0 Å². The normalized spacial score (nSPS) is 8.30. The molecule has 0 aromatic heterocycles. The Balaban J connectivity index is -0.000000246. The lowest BCUT2D eigenvalue weighted by Gasteiger charge is -2.13. The summed E-state index contributed by atoms with van der Waals surface area (Å²) in [5.74, 6) is -1.05. The number of rotatable bonds is 12. The monoisotopic (exact) mass is 675 g/mol. The van der Waals surface area contributed by atoms with E-state index >= 15 is 0 Å². The van der Waals surface area contributed by atoms with Crippen molar-refractivity contribution in [2.45, 2.75) is 81.6 Å². The molecule has 0 unspecified atom stereocenters. The Labute approximate surface area is 277 Å². The van der Waals surface area contributed by atoms with E-state index in [1.165, 1.54) is 41.5 Å². The van der Waals surface area contributed by atoms with Crippen LogP contribution in [0.15, 0.2) is 0 Å². The van der Waals surface area contributed by atoms with Crippen molar-refractivity contribution in [3.8, 4) is 0 Å². The summed E-state index contributed by atoms with van der Waals surface area (Å²) in [4.78, 5) is 94.7. The predicted octanol–water partition coefficient (Wildman–Crippen LogP) is -4.87. The number of amides is 9. The first kappa shape index (κ1) is 47.3. The first-order valence-electron chi connectivity index (χ1n) is 13.3. The summed E-state index contributed by atoms with van der Waals surface area (Å²) in [6.45, 7) is 13.7. The van der Waals surface area contributed by atoms with Gasteiger partial charge in [0.25, 0.3) is 0 Å². The number of carbonyl (C=O) groups is 9. The Morgan fingerprint density at radius 3 is 0.674 bits per heavy atom. The van der Waals surface area contributed by atoms with Crippen LogP contribution in [-0.4, -0.2) is 115 Å². The zero-order valence-corrected chi connectivity index (χ0v) is 31.9. The van der Waals surface area contributed by atoms with Gasteiger partial charge in [-0.1, -0.05) is 20.8 Å². The standard InChI is InChI=1S/3C3H7NO.6C2H5NO.4Al.3H/c3*1-2-3(4)5;6*1-2(3)4;;;;;;;/h3*2H2,1H3,(H2,4,5);6*1H3,(H2,3,4);;;;;;;/q;;;;;;;;;3*+2;+3;;;/p-9. The molecule has 18 nitrogen and oxygen atoms in total. The predicted molar refractivity (Wildman–Crippen MR) is 165 cm³/mol. The van der Waals surface area contributed by atoms with E-state index in [2.05, 4.69) is 38.7 Å². The molecule has 0 atom stereocenters. The summed E-state index contributed by atoms with van der Waals surface area (Å²) >= 11 is -4.91. The minimum atomic E-state index is -2.26. The van der Waals surface area contributed by atoms with Crippen molar-refractivity contribution in [3.63, 3.8) is 0 Å². The lowest BCUT2D eigenvalue weighted by Crippen LogP contribution is -2.62. The van der Waals surface area contributed by atoms with Gasteiger partial charge in [0.05, 0.1) is 0 Å². The molecule has 0 aromatic rings. The van der Waals surface area contributed by atoms with E-state index in [0.717, 1.165) is 0 Å². The molecule has 0 bridgehead atoms. The highest BCUT2D eigenvalue weighted by Gasteiger charge is 2.29. The van der Waals surface area contributed by atoms with Crippen LogP contribution >= 0.6 is 0 Å². The van der Waals surface area contributed by atoms with Gasteiger partial charge in [0.2, 0.25) is 0 Å². The fourth-order valence-electron chi connectivity index (χ4n) is 1.78. The van der Waals surface area contributed by atoms with E-state index in [1.54, 1.807) is 20.8 Å². The molecule has 9 amide bonds. The van der Waals surface area contributed by atoms with Crippen molar-refractivity contribution in [2.75, 3.05) is 0 Å². The Kier molecular flexibility index (Phi) is 35.5. The minimum Gasteiger partial charge on any atom is -0.431 e. The fraction of sp³-hybridized carbons (Fsp3) is 0.571. The van der Waals surface area contributed by atoms with E-state index in [4.69, 9.17) is 0 Å². The molecule has 0 fully saturated rings. The summed E-state index contributed by atoms with van der Waals surface area (Å²) in [7, 11) is 0. The number of hydrogen-bond donors (Lipinski definition) is 9. The third-order valence-corrected chi connectivity index (χ3v) is 9.78. The molecule has 0 aliphatic carbocycles. The van der Waals surface area contributed by atoms with Crippen LogP contribution in [0.3, 0.4) is 0 Å². The molecule has 240 valence electrons. The van der Waals surface area contributed by atoms with Gasteiger partial charge < -0.3 is 38.7 Å². The van der Waals surface area contributed by atoms with Gasteiger partial charge in [0.15, 0.2) is 53.2 Å². The molecule has 0 saturated carbocycles. The van der Waals surface area contributed by atoms with E-state index < -0.39 is 61.8 Å². The molecule has 0 aliphatic rings. The summed E-state index contributed by atoms with van der Waals surface area (Å²) in [6.07, 6.45) is 0.981. The van der Waals surface area contributed by atoms with Gasteiger partial charge in [0.1, 0.15) is 0 Å². The van der Waals surface area contributed by atoms with Gasteiger partial charge in [-0.15, -0.1) is 0 Å². The fourth-order valence-corrected chi connectivity index (χ4v) is 5.33. The maximum absolute atomic E-state index is 11.2. The summed E-state index contributed by atoms with van der Waals surface area (Å²) < 4.78 is 23.2. The molecule has 0 aromatic carbocycles. The van der Waals surface area contributed by atoms with E-state index in [1.807, 2.05) is 0 Å². The lowest BCUT2D eigenvalue weighted by molar-refractivity contribution is -0.121. The van der Waals surface area contributed by atoms with Gasteiger partial charge in [-0.25, -0.2) is 0 Å². The van der Waals surface area contributed by atoms with E-state index in [0.29, 0.717) is 19.3 Å². The van der Waals surface area contributed by atoms with Crippen LogP contribution in [0.1, 0.15) is 81.6 Å². The van der Waals surface area contributed by atoms with Crippen LogP contribution in [0.25, 0.3) is 0 Å². The molecule has 0 spiro atoms. The first-order chi connectivity index (χ1) is 19.9. The van der Waals surface area contributed by atoms with E-state index in [9.17, 15) is 43.2 Å². The number of carbonyl (C=O) groups excluding carboxylic acids is 9. The molecule has 0 saturated heterocycles. The van der Waals surface area contributed by atoms with Gasteiger partial charge in [-0.3, -0.25) is 43.2 Å². The SMILES string of the molecule is CC(=O)[NH][AlH][NH]C(C)=O.CC(=O)[NH][AlH][NH]C(C)=O.CC(=O)[NH][AlH][NH]C(C)=O.CCC(=O)[NH][Al]([NH]C(=O)CC)[NH]C(=O)CC. The highest BCUT2D eigenvalue weighted by atomic mass is 27.2. The molecule has 43 heavy (non-hydrogen) atoms. The van der Waals surface area contributed by atoms with Crippen molar-refractivity contribution in [3.05, 3.63) is 0 Å². The summed E-state index contributed by atoms with van der Waals surface area (Å²) in [6, 6.07) is 0. The highest BCUT2D eigenvalue weighted by Crippen LogP contribution is 1.82. The zero-order valence-electron chi connectivity index (χ0n) is 26.5. The van der Waals surface area contributed by atoms with Gasteiger partial charge in [0, 0.05) is 60.8 Å². The van der Waals surface area contributed by atoms with Gasteiger partial charge in [-0.2, -0.15) is 0 Å². The summed E-state index contributed by atoms with van der Waals surface area (Å²) in [5.41, 5.74) is 0. The van der Waals surface area contributed by atoms with Gasteiger partial charge >= 0.3 is 61.8 Å². The molecule has 0 rings (SSSR count). The maximum Gasteiger partial charge on any atom is 0.740 e. The van der Waals surface area contributed by atoms with Crippen molar-refractivity contribution in [2.24, 2.45) is 0 Å². The van der Waals surface area contributed by atoms with Crippen molar-refractivity contribution in [1.29, 1.82) is 0 Å². The average molecular weight is 676 g/mol. The Morgan fingerprint density at radius 1 is 0.395 bits per heavy atom. The van der Waals surface area contributed by atoms with Crippen molar-refractivity contribution < 1.29 is 43.2 Å². The van der Waals surface area contributed by atoms with Crippen LogP contribution < -0.4 is 38.7 Å². The molecule has 0 aliphatic heterocycles. The Hall–Kier alpha value is -2.64. The smallest absolute Gasteiger partial charge is 0.431 e. The zero-order chi connectivity index (χ0) is 34.4. The minimum absolute atomic E-state index is 0.0876. The number of nitrogens with one attached hydrogen (secondary N) is 9. The third kappa shape index (κ3) is 49.4. The van der Waals surface area contributed by atoms with Crippen molar-refractivity contribution >= 4 is 115 Å². The van der Waals surface area contributed by atoms with Crippen LogP contribution in [0.4, 0.5) is 0 Å². The molecular formula is C21H45Al4N9O9. The number of hydrogen-bond acceptors (Lipinski definition) is 9. The van der Waals surface area contributed by atoms with Gasteiger partial charge in [-0.05, 0) is 0 Å². The van der Waals surface area contributed by atoms with E-state index in [-0.39, 0.29) is 53.2 Å². The van der Waals surface area contributed by atoms with Crippen LogP contribution in [0.5, 0.6) is 0 Å².